The van der Waals surface area contributed by atoms with Crippen LogP contribution < -0.4 is 20.4 Å². The van der Waals surface area contributed by atoms with E-state index in [-0.39, 0.29) is 21.3 Å². The number of carbonyl (C=O) groups is 4. The number of carboxylic acid groups (broad SMARTS) is 4. The van der Waals surface area contributed by atoms with Crippen molar-refractivity contribution in [1.29, 1.82) is 0 Å². The van der Waals surface area contributed by atoms with Crippen molar-refractivity contribution in [2.24, 2.45) is 0 Å². The van der Waals surface area contributed by atoms with E-state index in [1.807, 2.05) is 0 Å². The van der Waals surface area contributed by atoms with Crippen molar-refractivity contribution in [3.8, 4) is 0 Å². The predicted octanol–water partition coefficient (Wildman–Crippen LogP) is -11.3. The molecule has 0 aromatic rings. The lowest BCUT2D eigenvalue weighted by atomic mass is 9.93. The number of methoxy groups -OCH3 is 1. The summed E-state index contributed by atoms with van der Waals surface area (Å²) in [6, 6.07) is 0. The molecule has 0 bridgehead atoms. The van der Waals surface area contributed by atoms with Crippen LogP contribution in [-0.2, 0) is 57.1 Å². The summed E-state index contributed by atoms with van der Waals surface area (Å²) < 4.78 is 40.9. The average molecular weight is 777 g/mol. The number of hydrogen-bond donors (Lipinski definition) is 8. The Morgan fingerprint density at radius 1 is 0.472 bits per heavy atom. The minimum Gasteiger partial charge on any atom is -0.547 e. The normalized spacial score (nSPS) is 45.9. The number of hydrogen-bond acceptors (Lipinski definition) is 24. The number of aliphatic hydroxyl groups is 8. The zero-order valence-corrected chi connectivity index (χ0v) is 26.4. The van der Waals surface area contributed by atoms with Gasteiger partial charge in [0.2, 0.25) is 0 Å². The maximum Gasteiger partial charge on any atom is 0.187 e. The van der Waals surface area contributed by atoms with Crippen LogP contribution in [-0.4, -0.2) is 194 Å². The first kappa shape index (κ1) is 46.4. The highest BCUT2D eigenvalue weighted by Crippen LogP contribution is 2.34. The van der Waals surface area contributed by atoms with Gasteiger partial charge in [0.1, 0.15) is 97.7 Å². The first-order valence-corrected chi connectivity index (χ1v) is 15.2. The van der Waals surface area contributed by atoms with Gasteiger partial charge >= 0.3 is 0 Å². The molecule has 308 valence electrons. The van der Waals surface area contributed by atoms with Gasteiger partial charge in [0, 0.05) is 7.11 Å². The second-order valence-corrected chi connectivity index (χ2v) is 12.0. The zero-order valence-electron chi connectivity index (χ0n) is 26.4. The summed E-state index contributed by atoms with van der Waals surface area (Å²) in [6.07, 6.45) is -43.5. The van der Waals surface area contributed by atoms with Gasteiger partial charge in [-0.15, -0.1) is 0 Å². The third-order valence-corrected chi connectivity index (χ3v) is 8.80. The van der Waals surface area contributed by atoms with E-state index in [1.54, 1.807) is 0 Å². The number of aliphatic hydroxyl groups excluding tert-OH is 8. The van der Waals surface area contributed by atoms with Gasteiger partial charge in [0.15, 0.2) is 18.9 Å². The Labute approximate surface area is 300 Å². The fourth-order valence-corrected chi connectivity index (χ4v) is 6.07. The van der Waals surface area contributed by atoms with E-state index in [1.165, 1.54) is 6.92 Å². The van der Waals surface area contributed by atoms with E-state index in [0.717, 1.165) is 7.11 Å². The molecule has 53 heavy (non-hydrogen) atoms. The molecular weight excluding hydrogens is 732 g/mol. The van der Waals surface area contributed by atoms with Gasteiger partial charge in [-0.25, -0.2) is 0 Å². The van der Waals surface area contributed by atoms with Gasteiger partial charge in [-0.1, -0.05) is 21.8 Å². The van der Waals surface area contributed by atoms with Crippen molar-refractivity contribution in [2.75, 3.05) is 7.11 Å². The number of carboxylic acids is 4. The molecule has 0 saturated carbocycles. The molecule has 24 nitrogen and oxygen atoms in total. The van der Waals surface area contributed by atoms with Crippen LogP contribution >= 0.6 is 0 Å². The third kappa shape index (κ3) is 9.21. The van der Waals surface area contributed by atoms with Crippen molar-refractivity contribution in [1.82, 2.24) is 0 Å². The van der Waals surface area contributed by atoms with E-state index in [0.29, 0.717) is 0 Å². The molecule has 9 unspecified atom stereocenters. The topological polar surface area (TPSA) is 396 Å². The first-order valence-electron chi connectivity index (χ1n) is 15.2. The van der Waals surface area contributed by atoms with Crippen LogP contribution in [0, 0.1) is 0 Å². The molecule has 0 aliphatic carbocycles. The Hall–Kier alpha value is -2.76. The summed E-state index contributed by atoms with van der Waals surface area (Å²) in [6.45, 7) is 1.49. The quantitative estimate of drug-likeness (QED) is 0.0912. The largest absolute Gasteiger partial charge is 0.547 e. The second kappa shape index (κ2) is 18.7. The summed E-state index contributed by atoms with van der Waals surface area (Å²) in [5.74, 6) is -8.31. The second-order valence-electron chi connectivity index (χ2n) is 12.0. The molecule has 4 heterocycles. The van der Waals surface area contributed by atoms with E-state index < -0.39 is 147 Å². The molecule has 4 fully saturated rings. The van der Waals surface area contributed by atoms with Crippen molar-refractivity contribution >= 4 is 23.9 Å². The summed E-state index contributed by atoms with van der Waals surface area (Å²) >= 11 is 0. The molecule has 0 aromatic heterocycles. The summed E-state index contributed by atoms with van der Waals surface area (Å²) in [5.41, 5.74) is 0. The predicted molar refractivity (Wildman–Crippen MR) is 152 cm³/mol. The van der Waals surface area contributed by atoms with Crippen molar-refractivity contribution in [3.05, 3.63) is 0 Å². The number of aliphatic carboxylic acids is 4. The Kier molecular flexibility index (Phi) is 16.4. The molecule has 0 amide bonds. The Morgan fingerprint density at radius 2 is 0.736 bits per heavy atom. The lowest BCUT2D eigenvalue weighted by Crippen LogP contribution is -2.70. The third-order valence-electron chi connectivity index (χ3n) is 8.80. The zero-order chi connectivity index (χ0) is 38.2. The molecule has 0 spiro atoms. The van der Waals surface area contributed by atoms with Gasteiger partial charge in [-0.05, 0) is 6.42 Å². The molecule has 4 rings (SSSR count). The van der Waals surface area contributed by atoms with Gasteiger partial charge in [0.05, 0.1) is 30.0 Å². The minimum absolute atomic E-state index is 0. The van der Waals surface area contributed by atoms with Gasteiger partial charge in [-0.3, -0.25) is 0 Å². The SMILES string of the molecule is C.C.CC[C@@H]1O[C@@H](C(=O)[O-])[C@@H](O[C@@H]2OC(C(=O)[O-])[C@@H](O[C@@H]3OC(C(=O)[O-])[C@@H](O[C@@H]4OC(C(=O)[O-])[C@@H](OC)[C@@H](O)C4O)C(O)C3O)C(O)[C@H]2O)C(O)C1O. The van der Waals surface area contributed by atoms with Crippen LogP contribution in [0.3, 0.4) is 0 Å². The van der Waals surface area contributed by atoms with Crippen molar-refractivity contribution in [2.45, 2.75) is 151 Å². The van der Waals surface area contributed by atoms with Crippen LogP contribution in [0.2, 0.25) is 0 Å². The summed E-state index contributed by atoms with van der Waals surface area (Å²) in [5, 5.41) is 132. The van der Waals surface area contributed by atoms with Crippen LogP contribution in [0.4, 0.5) is 0 Å². The Morgan fingerprint density at radius 3 is 1.02 bits per heavy atom. The Bertz CT molecular complexity index is 1250. The van der Waals surface area contributed by atoms with Crippen LogP contribution in [0.5, 0.6) is 0 Å². The fraction of sp³-hybridized carbons (Fsp3) is 0.862. The van der Waals surface area contributed by atoms with E-state index in [2.05, 4.69) is 0 Å². The highest BCUT2D eigenvalue weighted by atomic mass is 16.8. The maximum atomic E-state index is 12.1. The molecule has 20 atom stereocenters. The maximum absolute atomic E-state index is 12.1. The number of rotatable bonds is 12. The molecule has 4 aliphatic heterocycles. The average Bonchev–Trinajstić information content (AvgIpc) is 3.07. The van der Waals surface area contributed by atoms with E-state index >= 15 is 0 Å². The number of ether oxygens (including phenoxy) is 8. The van der Waals surface area contributed by atoms with Gasteiger partial charge < -0.3 is 118 Å². The first-order chi connectivity index (χ1) is 23.9. The molecule has 4 aliphatic rings. The minimum atomic E-state index is -2.52. The summed E-state index contributed by atoms with van der Waals surface area (Å²) in [4.78, 5) is 47.3. The molecule has 0 aromatic carbocycles. The number of carbonyl (C=O) groups excluding carboxylic acids is 4. The lowest BCUT2D eigenvalue weighted by Gasteiger charge is -2.49. The van der Waals surface area contributed by atoms with Crippen molar-refractivity contribution < 1.29 is 118 Å². The van der Waals surface area contributed by atoms with E-state index in [9.17, 15) is 80.5 Å². The van der Waals surface area contributed by atoms with Crippen LogP contribution in [0.25, 0.3) is 0 Å². The van der Waals surface area contributed by atoms with Crippen molar-refractivity contribution in [3.63, 3.8) is 0 Å². The molecule has 8 N–H and O–H groups in total. The monoisotopic (exact) mass is 776 g/mol. The molecule has 24 heteroatoms. The highest BCUT2D eigenvalue weighted by molar-refractivity contribution is 5.72. The van der Waals surface area contributed by atoms with E-state index in [4.69, 9.17) is 37.9 Å². The molecular formula is C29H44O24-4. The Balaban J connectivity index is 0.00000486. The van der Waals surface area contributed by atoms with Gasteiger partial charge in [-0.2, -0.15) is 0 Å². The van der Waals surface area contributed by atoms with Crippen LogP contribution in [0.15, 0.2) is 0 Å². The smallest absolute Gasteiger partial charge is 0.187 e. The fourth-order valence-electron chi connectivity index (χ4n) is 6.07. The van der Waals surface area contributed by atoms with Gasteiger partial charge in [0.25, 0.3) is 0 Å². The molecule has 4 saturated heterocycles. The highest BCUT2D eigenvalue weighted by Gasteiger charge is 2.56. The summed E-state index contributed by atoms with van der Waals surface area (Å²) in [7, 11) is 0.961. The van der Waals surface area contributed by atoms with Crippen LogP contribution in [0.1, 0.15) is 28.2 Å². The standard InChI is InChI=1S/C27H40O24.2CH4/c1-3-4-5(28)6(29)14(18(45-4)22(38)39)46-26-11(34)8(31)16(20(50-26)24(42)43)48-27-12(35)9(32)15(19(51-27)23(40)41)47-25-10(33)7(30)13(44-2)17(49-25)21(36)37;;/h4-20,25-35H,3H2,1-2H3,(H,36,37)(H,38,39)(H,40,41)(H,42,43);2*1H4/p-4/t4-,5?,6?,7-,8?,9?,10?,11+,12?,13-,14-,15-,16-,17?,18+,19?,20?,25+,26+,27+;;/m0../s1. The lowest BCUT2D eigenvalue weighted by molar-refractivity contribution is -0.400. The molecule has 0 radical (unpaired) electrons.